The standard InChI is InChI=1S/C27H33N3O5/c1-3-34-27(32)12-11-26(31)30-15-13-29(14-16-30)19-25(23-5-4-6-24(17-23)33-2)35-20-22-9-7-21(18-28)8-10-22/h4-10,17,25H,3,11-16,19-20H2,1-2H3. The normalized spacial score (nSPS) is 14.7. The SMILES string of the molecule is CCOC(=O)CCC(=O)N1CCN(CC(OCc2ccc(C#N)cc2)c2cccc(OC)c2)CC1. The minimum atomic E-state index is -0.333. The second-order valence-electron chi connectivity index (χ2n) is 8.37. The van der Waals surface area contributed by atoms with Crippen molar-refractivity contribution >= 4 is 11.9 Å². The van der Waals surface area contributed by atoms with Crippen molar-refractivity contribution in [3.05, 3.63) is 65.2 Å². The summed E-state index contributed by atoms with van der Waals surface area (Å²) in [7, 11) is 1.64. The van der Waals surface area contributed by atoms with Crippen molar-refractivity contribution in [2.45, 2.75) is 32.5 Å². The van der Waals surface area contributed by atoms with Gasteiger partial charge in [0.15, 0.2) is 0 Å². The number of methoxy groups -OCH3 is 1. The molecule has 1 atom stereocenters. The van der Waals surface area contributed by atoms with Crippen LogP contribution < -0.4 is 4.74 Å². The van der Waals surface area contributed by atoms with Crippen LogP contribution in [0.5, 0.6) is 5.75 Å². The Morgan fingerprint density at radius 1 is 1.06 bits per heavy atom. The first-order valence-electron chi connectivity index (χ1n) is 11.9. The molecule has 0 N–H and O–H groups in total. The van der Waals surface area contributed by atoms with E-state index >= 15 is 0 Å². The van der Waals surface area contributed by atoms with E-state index in [9.17, 15) is 9.59 Å². The number of hydrogen-bond donors (Lipinski definition) is 0. The number of rotatable bonds is 11. The minimum absolute atomic E-state index is 0.0147. The molecule has 8 nitrogen and oxygen atoms in total. The molecule has 186 valence electrons. The summed E-state index contributed by atoms with van der Waals surface area (Å²) < 4.78 is 16.7. The fourth-order valence-corrected chi connectivity index (χ4v) is 3.98. The lowest BCUT2D eigenvalue weighted by Crippen LogP contribution is -2.49. The molecule has 0 radical (unpaired) electrons. The summed E-state index contributed by atoms with van der Waals surface area (Å²) in [5, 5.41) is 9.01. The summed E-state index contributed by atoms with van der Waals surface area (Å²) in [6.45, 7) is 5.86. The van der Waals surface area contributed by atoms with Crippen LogP contribution in [0.15, 0.2) is 48.5 Å². The van der Waals surface area contributed by atoms with E-state index < -0.39 is 0 Å². The molecule has 0 saturated carbocycles. The van der Waals surface area contributed by atoms with Crippen molar-refractivity contribution in [2.75, 3.05) is 46.4 Å². The van der Waals surface area contributed by atoms with Crippen LogP contribution in [-0.4, -0.2) is 68.1 Å². The van der Waals surface area contributed by atoms with Crippen molar-refractivity contribution in [3.8, 4) is 11.8 Å². The van der Waals surface area contributed by atoms with Gasteiger partial charge in [0.1, 0.15) is 5.75 Å². The Morgan fingerprint density at radius 3 is 2.46 bits per heavy atom. The molecule has 3 rings (SSSR count). The van der Waals surface area contributed by atoms with E-state index in [1.54, 1.807) is 26.2 Å². The first kappa shape index (κ1) is 26.2. The van der Waals surface area contributed by atoms with E-state index in [1.807, 2.05) is 41.3 Å². The Hall–Kier alpha value is -3.41. The maximum absolute atomic E-state index is 12.5. The number of amides is 1. The Bertz CT molecular complexity index is 1010. The fraction of sp³-hybridized carbons (Fsp3) is 0.444. The molecule has 2 aromatic rings. The van der Waals surface area contributed by atoms with Gasteiger partial charge in [-0.15, -0.1) is 0 Å². The number of carbonyl (C=O) groups excluding carboxylic acids is 2. The average molecular weight is 480 g/mol. The number of esters is 1. The van der Waals surface area contributed by atoms with Crippen molar-refractivity contribution < 1.29 is 23.8 Å². The van der Waals surface area contributed by atoms with Gasteiger partial charge in [0.25, 0.3) is 0 Å². The summed E-state index contributed by atoms with van der Waals surface area (Å²) in [5.74, 6) is 0.422. The van der Waals surface area contributed by atoms with Crippen LogP contribution in [-0.2, 0) is 25.7 Å². The van der Waals surface area contributed by atoms with Gasteiger partial charge in [0.2, 0.25) is 5.91 Å². The maximum Gasteiger partial charge on any atom is 0.306 e. The zero-order valence-electron chi connectivity index (χ0n) is 20.4. The number of nitriles is 1. The maximum atomic E-state index is 12.5. The molecule has 1 unspecified atom stereocenters. The average Bonchev–Trinajstić information content (AvgIpc) is 2.90. The Balaban J connectivity index is 1.58. The minimum Gasteiger partial charge on any atom is -0.497 e. The topological polar surface area (TPSA) is 92.1 Å². The van der Waals surface area contributed by atoms with E-state index in [0.29, 0.717) is 38.4 Å². The van der Waals surface area contributed by atoms with Gasteiger partial charge in [-0.05, 0) is 42.3 Å². The highest BCUT2D eigenvalue weighted by molar-refractivity contribution is 5.81. The predicted octanol–water partition coefficient (Wildman–Crippen LogP) is 3.31. The molecule has 1 saturated heterocycles. The first-order chi connectivity index (χ1) is 17.0. The molecule has 0 spiro atoms. The molecule has 1 fully saturated rings. The summed E-state index contributed by atoms with van der Waals surface area (Å²) in [4.78, 5) is 28.1. The van der Waals surface area contributed by atoms with Crippen LogP contribution in [0.25, 0.3) is 0 Å². The third-order valence-electron chi connectivity index (χ3n) is 6.00. The third-order valence-corrected chi connectivity index (χ3v) is 6.00. The summed E-state index contributed by atoms with van der Waals surface area (Å²) in [6, 6.07) is 17.4. The molecule has 35 heavy (non-hydrogen) atoms. The molecule has 0 aromatic heterocycles. The quantitative estimate of drug-likeness (QED) is 0.457. The Labute approximate surface area is 207 Å². The molecule has 1 aliphatic rings. The van der Waals surface area contributed by atoms with Crippen LogP contribution in [0.3, 0.4) is 0 Å². The summed E-state index contributed by atoms with van der Waals surface area (Å²) in [6.07, 6.45) is 0.110. The lowest BCUT2D eigenvalue weighted by Gasteiger charge is -2.36. The number of ether oxygens (including phenoxy) is 3. The van der Waals surface area contributed by atoms with Gasteiger partial charge in [0, 0.05) is 39.1 Å². The van der Waals surface area contributed by atoms with Crippen LogP contribution in [0.1, 0.15) is 42.6 Å². The van der Waals surface area contributed by atoms with Gasteiger partial charge in [-0.1, -0.05) is 24.3 Å². The second kappa shape index (κ2) is 13.5. The molecule has 2 aromatic carbocycles. The van der Waals surface area contributed by atoms with Crippen molar-refractivity contribution in [2.24, 2.45) is 0 Å². The zero-order valence-corrected chi connectivity index (χ0v) is 20.4. The molecule has 1 heterocycles. The van der Waals surface area contributed by atoms with E-state index in [4.69, 9.17) is 19.5 Å². The fourth-order valence-electron chi connectivity index (χ4n) is 3.98. The second-order valence-corrected chi connectivity index (χ2v) is 8.37. The molecule has 1 amide bonds. The summed E-state index contributed by atoms with van der Waals surface area (Å²) in [5.41, 5.74) is 2.63. The molecular weight excluding hydrogens is 446 g/mol. The predicted molar refractivity (Wildman–Crippen MR) is 131 cm³/mol. The smallest absolute Gasteiger partial charge is 0.306 e. The summed E-state index contributed by atoms with van der Waals surface area (Å²) >= 11 is 0. The third kappa shape index (κ3) is 8.09. The largest absolute Gasteiger partial charge is 0.497 e. The van der Waals surface area contributed by atoms with Gasteiger partial charge in [0.05, 0.1) is 44.5 Å². The lowest BCUT2D eigenvalue weighted by molar-refractivity contribution is -0.146. The van der Waals surface area contributed by atoms with Crippen LogP contribution in [0, 0.1) is 11.3 Å². The zero-order chi connectivity index (χ0) is 25.0. The highest BCUT2D eigenvalue weighted by Crippen LogP contribution is 2.25. The Morgan fingerprint density at radius 2 is 1.80 bits per heavy atom. The van der Waals surface area contributed by atoms with E-state index in [2.05, 4.69) is 11.0 Å². The number of piperazine rings is 1. The number of nitrogens with zero attached hydrogens (tertiary/aromatic N) is 3. The van der Waals surface area contributed by atoms with Gasteiger partial charge < -0.3 is 19.1 Å². The number of carbonyl (C=O) groups is 2. The van der Waals surface area contributed by atoms with Crippen LogP contribution >= 0.6 is 0 Å². The van der Waals surface area contributed by atoms with Gasteiger partial charge in [-0.25, -0.2) is 0 Å². The van der Waals surface area contributed by atoms with E-state index in [-0.39, 0.29) is 30.8 Å². The van der Waals surface area contributed by atoms with Gasteiger partial charge in [-0.2, -0.15) is 5.26 Å². The van der Waals surface area contributed by atoms with Gasteiger partial charge in [-0.3, -0.25) is 14.5 Å². The molecule has 8 heteroatoms. The van der Waals surface area contributed by atoms with Crippen molar-refractivity contribution in [1.82, 2.24) is 9.80 Å². The number of benzene rings is 2. The molecule has 0 bridgehead atoms. The van der Waals surface area contributed by atoms with E-state index in [0.717, 1.165) is 30.0 Å². The first-order valence-corrected chi connectivity index (χ1v) is 11.9. The van der Waals surface area contributed by atoms with Crippen molar-refractivity contribution in [1.29, 1.82) is 5.26 Å². The number of hydrogen-bond acceptors (Lipinski definition) is 7. The molecule has 1 aliphatic heterocycles. The van der Waals surface area contributed by atoms with Gasteiger partial charge >= 0.3 is 5.97 Å². The molecular formula is C27H33N3O5. The van der Waals surface area contributed by atoms with E-state index in [1.165, 1.54) is 0 Å². The monoisotopic (exact) mass is 479 g/mol. The lowest BCUT2D eigenvalue weighted by atomic mass is 10.1. The Kier molecular flexibility index (Phi) is 10.1. The molecule has 0 aliphatic carbocycles. The highest BCUT2D eigenvalue weighted by atomic mass is 16.5. The van der Waals surface area contributed by atoms with Crippen LogP contribution in [0.2, 0.25) is 0 Å². The highest BCUT2D eigenvalue weighted by Gasteiger charge is 2.25. The van der Waals surface area contributed by atoms with Crippen LogP contribution in [0.4, 0.5) is 0 Å². The van der Waals surface area contributed by atoms with Crippen molar-refractivity contribution in [3.63, 3.8) is 0 Å².